The Hall–Kier alpha value is -2.73. The second-order valence-electron chi connectivity index (χ2n) is 6.27. The number of fused-ring (bicyclic) bond motifs is 1. The number of hydrogen-bond acceptors (Lipinski definition) is 3. The molecule has 1 N–H and O–H groups in total. The molecule has 1 amide bonds. The number of carboxylic acid groups (broad SMARTS) is 1. The molecule has 1 aromatic heterocycles. The third-order valence-corrected chi connectivity index (χ3v) is 5.28. The summed E-state index contributed by atoms with van der Waals surface area (Å²) in [5.74, 6) is -1.31. The molecule has 3 aromatic rings. The predicted octanol–water partition coefficient (Wildman–Crippen LogP) is 4.10. The number of carboxylic acids is 1. The van der Waals surface area contributed by atoms with Crippen LogP contribution in [-0.4, -0.2) is 21.6 Å². The van der Waals surface area contributed by atoms with E-state index in [0.717, 1.165) is 21.3 Å². The van der Waals surface area contributed by atoms with Gasteiger partial charge in [0.2, 0.25) is 0 Å². The first-order chi connectivity index (χ1) is 12.4. The summed E-state index contributed by atoms with van der Waals surface area (Å²) in [5.41, 5.74) is 3.40. The second-order valence-corrected chi connectivity index (χ2v) is 7.28. The summed E-state index contributed by atoms with van der Waals surface area (Å²) in [7, 11) is 0. The Kier molecular flexibility index (Phi) is 5.04. The van der Waals surface area contributed by atoms with Crippen molar-refractivity contribution in [3.05, 3.63) is 64.0 Å². The number of carbonyl (C=O) groups excluding carboxylic acids is 1. The number of benzene rings is 2. The molecular weight excluding hydrogens is 348 g/mol. The summed E-state index contributed by atoms with van der Waals surface area (Å²) >= 11 is 1.34. The molecule has 0 fully saturated rings. The van der Waals surface area contributed by atoms with Crippen molar-refractivity contribution in [1.29, 1.82) is 0 Å². The number of nitrogens with zero attached hydrogens (tertiary/aromatic N) is 2. The molecule has 0 spiro atoms. The van der Waals surface area contributed by atoms with Crippen molar-refractivity contribution in [3.63, 3.8) is 0 Å². The van der Waals surface area contributed by atoms with Gasteiger partial charge in [-0.05, 0) is 50.1 Å². The van der Waals surface area contributed by atoms with Gasteiger partial charge in [-0.15, -0.1) is 0 Å². The molecule has 0 saturated carbocycles. The van der Waals surface area contributed by atoms with Crippen molar-refractivity contribution >= 4 is 33.4 Å². The fraction of sp³-hybridized carbons (Fsp3) is 0.250. The van der Waals surface area contributed by atoms with Crippen molar-refractivity contribution in [2.24, 2.45) is 4.99 Å². The van der Waals surface area contributed by atoms with E-state index < -0.39 is 12.0 Å². The number of thiazole rings is 1. The summed E-state index contributed by atoms with van der Waals surface area (Å²) in [4.78, 5) is 29.0. The molecule has 0 bridgehead atoms. The SMILES string of the molecule is CCC(C(=O)O)n1/c(=N/C(=O)c2ccc(C)cc2)sc2cc(C)ccc21. The van der Waals surface area contributed by atoms with E-state index >= 15 is 0 Å². The van der Waals surface area contributed by atoms with E-state index in [1.807, 2.05) is 51.1 Å². The van der Waals surface area contributed by atoms with E-state index in [2.05, 4.69) is 4.99 Å². The third kappa shape index (κ3) is 3.46. The largest absolute Gasteiger partial charge is 0.480 e. The van der Waals surface area contributed by atoms with Crippen LogP contribution in [0.3, 0.4) is 0 Å². The first-order valence-electron chi connectivity index (χ1n) is 8.41. The van der Waals surface area contributed by atoms with E-state index in [1.165, 1.54) is 11.3 Å². The van der Waals surface area contributed by atoms with Crippen LogP contribution < -0.4 is 4.80 Å². The van der Waals surface area contributed by atoms with Crippen LogP contribution in [0.25, 0.3) is 10.2 Å². The van der Waals surface area contributed by atoms with Gasteiger partial charge in [-0.2, -0.15) is 4.99 Å². The fourth-order valence-corrected chi connectivity index (χ4v) is 4.01. The van der Waals surface area contributed by atoms with Crippen molar-refractivity contribution < 1.29 is 14.7 Å². The Morgan fingerprint density at radius 3 is 2.38 bits per heavy atom. The topological polar surface area (TPSA) is 71.7 Å². The first-order valence-corrected chi connectivity index (χ1v) is 9.22. The Morgan fingerprint density at radius 1 is 1.12 bits per heavy atom. The standard InChI is InChI=1S/C20H20N2O3S/c1-4-15(19(24)25)22-16-10-7-13(3)11-17(16)26-20(22)21-18(23)14-8-5-12(2)6-9-14/h5-11,15H,4H2,1-3H3,(H,24,25)/b21-20-. The molecule has 0 saturated heterocycles. The molecule has 3 rings (SSSR count). The Bertz CT molecular complexity index is 1050. The third-order valence-electron chi connectivity index (χ3n) is 4.26. The van der Waals surface area contributed by atoms with Crippen LogP contribution in [0.5, 0.6) is 0 Å². The highest BCUT2D eigenvalue weighted by Gasteiger charge is 2.22. The summed E-state index contributed by atoms with van der Waals surface area (Å²) in [6.45, 7) is 5.74. The molecule has 26 heavy (non-hydrogen) atoms. The number of aryl methyl sites for hydroxylation is 2. The Balaban J connectivity index is 2.22. The van der Waals surface area contributed by atoms with Gasteiger partial charge in [0.1, 0.15) is 6.04 Å². The minimum Gasteiger partial charge on any atom is -0.480 e. The molecule has 6 heteroatoms. The number of aliphatic carboxylic acids is 1. The lowest BCUT2D eigenvalue weighted by atomic mass is 10.1. The molecular formula is C20H20N2O3S. The first kappa shape index (κ1) is 18.1. The summed E-state index contributed by atoms with van der Waals surface area (Å²) in [6.07, 6.45) is 0.404. The molecule has 0 radical (unpaired) electrons. The van der Waals surface area contributed by atoms with Gasteiger partial charge in [0.15, 0.2) is 4.80 Å². The predicted molar refractivity (Wildman–Crippen MR) is 103 cm³/mol. The number of rotatable bonds is 4. The van der Waals surface area contributed by atoms with Crippen LogP contribution in [-0.2, 0) is 4.79 Å². The Morgan fingerprint density at radius 2 is 1.77 bits per heavy atom. The lowest BCUT2D eigenvalue weighted by Gasteiger charge is -2.13. The number of carbonyl (C=O) groups is 2. The highest BCUT2D eigenvalue weighted by molar-refractivity contribution is 7.16. The van der Waals surface area contributed by atoms with Crippen molar-refractivity contribution in [1.82, 2.24) is 4.57 Å². The molecule has 1 atom stereocenters. The maximum absolute atomic E-state index is 12.6. The van der Waals surface area contributed by atoms with E-state index in [4.69, 9.17) is 0 Å². The van der Waals surface area contributed by atoms with Gasteiger partial charge in [-0.1, -0.05) is 42.0 Å². The van der Waals surface area contributed by atoms with Crippen LogP contribution in [0, 0.1) is 13.8 Å². The van der Waals surface area contributed by atoms with Gasteiger partial charge in [-0.3, -0.25) is 4.79 Å². The lowest BCUT2D eigenvalue weighted by Crippen LogP contribution is -2.27. The molecule has 5 nitrogen and oxygen atoms in total. The molecule has 2 aromatic carbocycles. The molecule has 1 heterocycles. The summed E-state index contributed by atoms with van der Waals surface area (Å²) in [5, 5.41) is 9.62. The van der Waals surface area contributed by atoms with E-state index in [9.17, 15) is 14.7 Å². The van der Waals surface area contributed by atoms with Crippen LogP contribution in [0.2, 0.25) is 0 Å². The normalized spacial score (nSPS) is 13.1. The molecule has 0 aliphatic rings. The maximum Gasteiger partial charge on any atom is 0.326 e. The van der Waals surface area contributed by atoms with Crippen molar-refractivity contribution in [3.8, 4) is 0 Å². The van der Waals surface area contributed by atoms with Gasteiger partial charge in [0, 0.05) is 5.56 Å². The van der Waals surface area contributed by atoms with Crippen molar-refractivity contribution in [2.45, 2.75) is 33.2 Å². The monoisotopic (exact) mass is 368 g/mol. The fourth-order valence-electron chi connectivity index (χ4n) is 2.85. The highest BCUT2D eigenvalue weighted by atomic mass is 32.1. The Labute approximate surface area is 155 Å². The van der Waals surface area contributed by atoms with Crippen LogP contribution >= 0.6 is 11.3 Å². The summed E-state index contributed by atoms with van der Waals surface area (Å²) < 4.78 is 2.58. The minimum absolute atomic E-state index is 0.373. The van der Waals surface area contributed by atoms with Gasteiger partial charge in [0.25, 0.3) is 5.91 Å². The van der Waals surface area contributed by atoms with Gasteiger partial charge < -0.3 is 9.67 Å². The van der Waals surface area contributed by atoms with Crippen LogP contribution in [0.15, 0.2) is 47.5 Å². The van der Waals surface area contributed by atoms with E-state index in [-0.39, 0.29) is 5.91 Å². The highest BCUT2D eigenvalue weighted by Crippen LogP contribution is 2.24. The zero-order valence-corrected chi connectivity index (χ0v) is 15.7. The number of amides is 1. The van der Waals surface area contributed by atoms with Gasteiger partial charge in [-0.25, -0.2) is 4.79 Å². The summed E-state index contributed by atoms with van der Waals surface area (Å²) in [6, 6.07) is 12.2. The van der Waals surface area contributed by atoms with Crippen molar-refractivity contribution in [2.75, 3.05) is 0 Å². The number of aromatic nitrogens is 1. The molecule has 0 aliphatic heterocycles. The second kappa shape index (κ2) is 7.25. The van der Waals surface area contributed by atoms with Crippen LogP contribution in [0.1, 0.15) is 40.9 Å². The van der Waals surface area contributed by atoms with Crippen LogP contribution in [0.4, 0.5) is 0 Å². The molecule has 1 unspecified atom stereocenters. The minimum atomic E-state index is -0.933. The molecule has 0 aliphatic carbocycles. The lowest BCUT2D eigenvalue weighted by molar-refractivity contribution is -0.140. The van der Waals surface area contributed by atoms with Gasteiger partial charge >= 0.3 is 5.97 Å². The average Bonchev–Trinajstić information content (AvgIpc) is 2.93. The average molecular weight is 368 g/mol. The quantitative estimate of drug-likeness (QED) is 0.754. The van der Waals surface area contributed by atoms with E-state index in [1.54, 1.807) is 16.7 Å². The van der Waals surface area contributed by atoms with Gasteiger partial charge in [0.05, 0.1) is 10.2 Å². The van der Waals surface area contributed by atoms with E-state index in [0.29, 0.717) is 16.8 Å². The number of hydrogen-bond donors (Lipinski definition) is 1. The maximum atomic E-state index is 12.6. The zero-order valence-electron chi connectivity index (χ0n) is 14.9. The molecule has 134 valence electrons. The smallest absolute Gasteiger partial charge is 0.326 e. The zero-order chi connectivity index (χ0) is 18.8.